The lowest BCUT2D eigenvalue weighted by atomic mass is 10.2. The van der Waals surface area contributed by atoms with E-state index in [4.69, 9.17) is 25.8 Å². The number of ether oxygens (including phenoxy) is 3. The molecule has 0 spiro atoms. The summed E-state index contributed by atoms with van der Waals surface area (Å²) in [6.45, 7) is 1.17. The van der Waals surface area contributed by atoms with Crippen molar-refractivity contribution in [2.24, 2.45) is 0 Å². The van der Waals surface area contributed by atoms with Crippen molar-refractivity contribution in [3.63, 3.8) is 0 Å². The molecule has 0 aromatic heterocycles. The number of fused-ring (bicyclic) bond motifs is 1. The van der Waals surface area contributed by atoms with Gasteiger partial charge in [-0.05, 0) is 42.0 Å². The van der Waals surface area contributed by atoms with Crippen molar-refractivity contribution in [2.75, 3.05) is 12.1 Å². The van der Waals surface area contributed by atoms with Gasteiger partial charge in [0.15, 0.2) is 11.5 Å². The van der Waals surface area contributed by atoms with Crippen molar-refractivity contribution in [2.45, 2.75) is 13.2 Å². The molecule has 6 heteroatoms. The molecule has 0 saturated heterocycles. The van der Waals surface area contributed by atoms with Crippen LogP contribution in [-0.4, -0.2) is 6.79 Å². The zero-order valence-corrected chi connectivity index (χ0v) is 15.1. The summed E-state index contributed by atoms with van der Waals surface area (Å²) in [5.41, 5.74) is 2.75. The van der Waals surface area contributed by atoms with Gasteiger partial charge < -0.3 is 19.5 Å². The number of halogens is 2. The molecule has 1 N–H and O–H groups in total. The van der Waals surface area contributed by atoms with Crippen LogP contribution in [0.2, 0.25) is 5.02 Å². The molecule has 0 atom stereocenters. The van der Waals surface area contributed by atoms with Crippen LogP contribution < -0.4 is 19.5 Å². The lowest BCUT2D eigenvalue weighted by Gasteiger charge is -2.11. The van der Waals surface area contributed by atoms with Crippen LogP contribution in [0.5, 0.6) is 17.2 Å². The van der Waals surface area contributed by atoms with Crippen LogP contribution in [0.25, 0.3) is 0 Å². The molecule has 0 unspecified atom stereocenters. The fourth-order valence-electron chi connectivity index (χ4n) is 2.76. The fraction of sp³-hybridized carbons (Fsp3) is 0.143. The van der Waals surface area contributed by atoms with E-state index in [9.17, 15) is 4.39 Å². The normalized spacial score (nSPS) is 12.1. The first kappa shape index (κ1) is 17.5. The summed E-state index contributed by atoms with van der Waals surface area (Å²) in [4.78, 5) is 0. The van der Waals surface area contributed by atoms with Gasteiger partial charge in [-0.2, -0.15) is 0 Å². The minimum Gasteiger partial charge on any atom is -0.489 e. The predicted molar refractivity (Wildman–Crippen MR) is 102 cm³/mol. The second kappa shape index (κ2) is 7.76. The first-order valence-electron chi connectivity index (χ1n) is 8.46. The van der Waals surface area contributed by atoms with Crippen molar-refractivity contribution in [3.8, 4) is 17.2 Å². The molecule has 3 aromatic carbocycles. The van der Waals surface area contributed by atoms with Gasteiger partial charge in [0, 0.05) is 23.9 Å². The van der Waals surface area contributed by atoms with E-state index < -0.39 is 0 Å². The number of hydrogen-bond acceptors (Lipinski definition) is 4. The molecule has 4 rings (SSSR count). The molecule has 27 heavy (non-hydrogen) atoms. The third kappa shape index (κ3) is 4.26. The molecule has 0 radical (unpaired) electrons. The molecular weight excluding hydrogens is 369 g/mol. The molecule has 138 valence electrons. The van der Waals surface area contributed by atoms with Gasteiger partial charge in [-0.3, -0.25) is 0 Å². The van der Waals surface area contributed by atoms with Gasteiger partial charge in [0.05, 0.1) is 5.02 Å². The van der Waals surface area contributed by atoms with E-state index in [1.807, 2.05) is 42.5 Å². The Hall–Kier alpha value is -2.92. The molecule has 0 bridgehead atoms. The van der Waals surface area contributed by atoms with Crippen molar-refractivity contribution >= 4 is 17.3 Å². The maximum absolute atomic E-state index is 13.1. The lowest BCUT2D eigenvalue weighted by molar-refractivity contribution is 0.174. The Morgan fingerprint density at radius 2 is 1.89 bits per heavy atom. The number of hydrogen-bond donors (Lipinski definition) is 1. The van der Waals surface area contributed by atoms with E-state index in [0.717, 1.165) is 34.1 Å². The van der Waals surface area contributed by atoms with Crippen LogP contribution in [0.3, 0.4) is 0 Å². The molecule has 4 nitrogen and oxygen atoms in total. The molecule has 3 aromatic rings. The zero-order valence-electron chi connectivity index (χ0n) is 14.4. The summed E-state index contributed by atoms with van der Waals surface area (Å²) in [7, 11) is 0. The first-order chi connectivity index (χ1) is 13.2. The Labute approximate surface area is 161 Å². The van der Waals surface area contributed by atoms with Gasteiger partial charge in [-0.15, -0.1) is 0 Å². The lowest BCUT2D eigenvalue weighted by Crippen LogP contribution is -2.01. The van der Waals surface area contributed by atoms with Crippen LogP contribution in [-0.2, 0) is 13.2 Å². The maximum atomic E-state index is 13.1. The molecule has 1 aliphatic heterocycles. The standard InChI is InChI=1S/C21H17ClFNO3/c22-19-9-16(23)5-4-15(19)12-25-18-3-1-2-14(8-18)11-24-17-6-7-20-21(10-17)27-13-26-20/h1-10,24H,11-13H2. The largest absolute Gasteiger partial charge is 0.489 e. The summed E-state index contributed by atoms with van der Waals surface area (Å²) in [6, 6.07) is 17.8. The van der Waals surface area contributed by atoms with E-state index in [0.29, 0.717) is 11.6 Å². The van der Waals surface area contributed by atoms with Crippen LogP contribution in [0, 0.1) is 5.82 Å². The topological polar surface area (TPSA) is 39.7 Å². The summed E-state index contributed by atoms with van der Waals surface area (Å²) < 4.78 is 29.6. The van der Waals surface area contributed by atoms with E-state index in [1.54, 1.807) is 6.07 Å². The molecule has 1 aliphatic rings. The molecule has 0 fully saturated rings. The van der Waals surface area contributed by atoms with Gasteiger partial charge in [0.2, 0.25) is 6.79 Å². The first-order valence-corrected chi connectivity index (χ1v) is 8.84. The van der Waals surface area contributed by atoms with E-state index in [-0.39, 0.29) is 19.2 Å². The van der Waals surface area contributed by atoms with Crippen LogP contribution in [0.4, 0.5) is 10.1 Å². The Morgan fingerprint density at radius 1 is 1.00 bits per heavy atom. The van der Waals surface area contributed by atoms with Gasteiger partial charge in [0.25, 0.3) is 0 Å². The number of anilines is 1. The maximum Gasteiger partial charge on any atom is 0.231 e. The number of nitrogens with one attached hydrogen (secondary N) is 1. The Bertz CT molecular complexity index is 964. The summed E-state index contributed by atoms with van der Waals surface area (Å²) in [6.07, 6.45) is 0. The second-order valence-corrected chi connectivity index (χ2v) is 6.50. The van der Waals surface area contributed by atoms with Crippen molar-refractivity contribution in [3.05, 3.63) is 82.6 Å². The van der Waals surface area contributed by atoms with E-state index in [2.05, 4.69) is 5.32 Å². The highest BCUT2D eigenvalue weighted by Crippen LogP contribution is 2.34. The third-order valence-corrected chi connectivity index (χ3v) is 4.53. The summed E-state index contributed by atoms with van der Waals surface area (Å²) in [5, 5.41) is 3.71. The third-order valence-electron chi connectivity index (χ3n) is 4.18. The van der Waals surface area contributed by atoms with Crippen LogP contribution >= 0.6 is 11.6 Å². The second-order valence-electron chi connectivity index (χ2n) is 6.09. The molecular formula is C21H17ClFNO3. The Balaban J connectivity index is 1.37. The monoisotopic (exact) mass is 385 g/mol. The fourth-order valence-corrected chi connectivity index (χ4v) is 2.98. The highest BCUT2D eigenvalue weighted by atomic mass is 35.5. The average molecular weight is 386 g/mol. The number of benzene rings is 3. The highest BCUT2D eigenvalue weighted by molar-refractivity contribution is 6.31. The highest BCUT2D eigenvalue weighted by Gasteiger charge is 2.13. The molecule has 0 aliphatic carbocycles. The predicted octanol–water partition coefficient (Wildman–Crippen LogP) is 5.40. The van der Waals surface area contributed by atoms with E-state index in [1.165, 1.54) is 12.1 Å². The average Bonchev–Trinajstić information content (AvgIpc) is 3.14. The minimum absolute atomic E-state index is 0.260. The Kier molecular flexibility index (Phi) is 5.03. The minimum atomic E-state index is -0.361. The van der Waals surface area contributed by atoms with Gasteiger partial charge in [-0.1, -0.05) is 29.8 Å². The van der Waals surface area contributed by atoms with Gasteiger partial charge in [0.1, 0.15) is 18.2 Å². The summed E-state index contributed by atoms with van der Waals surface area (Å²) in [5.74, 6) is 1.87. The zero-order chi connectivity index (χ0) is 18.6. The SMILES string of the molecule is Fc1ccc(COc2cccc(CNc3ccc4c(c3)OCO4)c2)c(Cl)c1. The van der Waals surface area contributed by atoms with Crippen molar-refractivity contribution < 1.29 is 18.6 Å². The van der Waals surface area contributed by atoms with Crippen molar-refractivity contribution in [1.29, 1.82) is 0 Å². The van der Waals surface area contributed by atoms with Crippen LogP contribution in [0.1, 0.15) is 11.1 Å². The summed E-state index contributed by atoms with van der Waals surface area (Å²) >= 11 is 6.04. The molecule has 0 amide bonds. The molecule has 0 saturated carbocycles. The van der Waals surface area contributed by atoms with Crippen LogP contribution in [0.15, 0.2) is 60.7 Å². The van der Waals surface area contributed by atoms with Gasteiger partial charge >= 0.3 is 0 Å². The van der Waals surface area contributed by atoms with Gasteiger partial charge in [-0.25, -0.2) is 4.39 Å². The van der Waals surface area contributed by atoms with Crippen molar-refractivity contribution in [1.82, 2.24) is 0 Å². The number of rotatable bonds is 6. The Morgan fingerprint density at radius 3 is 2.78 bits per heavy atom. The quantitative estimate of drug-likeness (QED) is 0.616. The smallest absolute Gasteiger partial charge is 0.231 e. The van der Waals surface area contributed by atoms with E-state index >= 15 is 0 Å². The molecule has 1 heterocycles.